The van der Waals surface area contributed by atoms with E-state index in [-0.39, 0.29) is 0 Å². The lowest BCUT2D eigenvalue weighted by Crippen LogP contribution is -1.85. The van der Waals surface area contributed by atoms with Crippen molar-refractivity contribution in [1.29, 1.82) is 0 Å². The predicted octanol–water partition coefficient (Wildman–Crippen LogP) is 8.96. The van der Waals surface area contributed by atoms with Crippen molar-refractivity contribution < 1.29 is 0 Å². The van der Waals surface area contributed by atoms with Gasteiger partial charge in [-0.15, -0.1) is 0 Å². The van der Waals surface area contributed by atoms with Crippen LogP contribution in [0.25, 0.3) is 5.57 Å². The maximum atomic E-state index is 4.23. The van der Waals surface area contributed by atoms with Crippen LogP contribution in [0.1, 0.15) is 115 Å². The molecular weight excluding hydrogens is 300 g/mol. The Morgan fingerprint density at radius 1 is 0.600 bits per heavy atom. The number of allylic oxidation sites excluding steroid dienone is 1. The zero-order chi connectivity index (χ0) is 18.0. The van der Waals surface area contributed by atoms with Crippen molar-refractivity contribution in [2.75, 3.05) is 0 Å². The molecule has 0 aliphatic carbocycles. The largest absolute Gasteiger partial charge is 0.0952 e. The van der Waals surface area contributed by atoms with Gasteiger partial charge in [0.15, 0.2) is 0 Å². The van der Waals surface area contributed by atoms with Crippen LogP contribution < -0.4 is 0 Å². The third kappa shape index (κ3) is 12.9. The summed E-state index contributed by atoms with van der Waals surface area (Å²) in [5.41, 5.74) is 2.61. The third-order valence-electron chi connectivity index (χ3n) is 5.26. The molecule has 0 saturated carbocycles. The number of unbranched alkanes of at least 4 members (excludes halogenated alkanes) is 14. The number of hydrogen-bond donors (Lipinski definition) is 0. The van der Waals surface area contributed by atoms with Gasteiger partial charge in [0.25, 0.3) is 0 Å². The molecule has 0 heteroatoms. The molecule has 0 unspecified atom stereocenters. The van der Waals surface area contributed by atoms with Gasteiger partial charge in [-0.2, -0.15) is 0 Å². The molecule has 1 aromatic rings. The van der Waals surface area contributed by atoms with Gasteiger partial charge in [-0.3, -0.25) is 0 Å². The van der Waals surface area contributed by atoms with Gasteiger partial charge in [0.1, 0.15) is 0 Å². The average Bonchev–Trinajstić information content (AvgIpc) is 2.65. The van der Waals surface area contributed by atoms with Crippen LogP contribution >= 0.6 is 0 Å². The summed E-state index contributed by atoms with van der Waals surface area (Å²) in [6.45, 7) is 6.52. The van der Waals surface area contributed by atoms with Crippen molar-refractivity contribution in [2.24, 2.45) is 0 Å². The maximum Gasteiger partial charge on any atom is -0.0230 e. The van der Waals surface area contributed by atoms with E-state index in [4.69, 9.17) is 0 Å². The Balaban J connectivity index is 1.78. The number of rotatable bonds is 17. The predicted molar refractivity (Wildman–Crippen MR) is 115 cm³/mol. The standard InChI is InChI=1S/C25H42/c1-3-4-5-6-7-8-9-10-11-12-13-14-15-16-18-21-24(2)25-22-19-17-20-23-25/h17,19-20,22-23H,2-16,18,21H2,1H3. The Morgan fingerprint density at radius 3 is 1.44 bits per heavy atom. The molecule has 0 nitrogen and oxygen atoms in total. The SMILES string of the molecule is C=C(CCCCCCCCCCCCCCCCC)c1ccccc1. The van der Waals surface area contributed by atoms with E-state index in [2.05, 4.69) is 43.8 Å². The molecular formula is C25H42. The highest BCUT2D eigenvalue weighted by atomic mass is 14.0. The van der Waals surface area contributed by atoms with Crippen LogP contribution in [-0.4, -0.2) is 0 Å². The van der Waals surface area contributed by atoms with E-state index >= 15 is 0 Å². The van der Waals surface area contributed by atoms with E-state index in [1.54, 1.807) is 0 Å². The zero-order valence-electron chi connectivity index (χ0n) is 16.9. The van der Waals surface area contributed by atoms with Gasteiger partial charge in [-0.1, -0.05) is 134 Å². The molecule has 0 aromatic heterocycles. The zero-order valence-corrected chi connectivity index (χ0v) is 16.9. The van der Waals surface area contributed by atoms with Crippen LogP contribution in [-0.2, 0) is 0 Å². The smallest absolute Gasteiger partial charge is 0.0230 e. The van der Waals surface area contributed by atoms with Crippen LogP contribution in [0, 0.1) is 0 Å². The fourth-order valence-electron chi connectivity index (χ4n) is 3.53. The van der Waals surface area contributed by atoms with Crippen LogP contribution in [0.15, 0.2) is 36.9 Å². The second-order valence-corrected chi connectivity index (χ2v) is 7.67. The highest BCUT2D eigenvalue weighted by Crippen LogP contribution is 2.20. The molecule has 0 fully saturated rings. The van der Waals surface area contributed by atoms with E-state index in [1.807, 2.05) is 0 Å². The van der Waals surface area contributed by atoms with Gasteiger partial charge >= 0.3 is 0 Å². The van der Waals surface area contributed by atoms with Crippen molar-refractivity contribution in [3.63, 3.8) is 0 Å². The van der Waals surface area contributed by atoms with Crippen molar-refractivity contribution in [2.45, 2.75) is 110 Å². The minimum Gasteiger partial charge on any atom is -0.0952 e. The van der Waals surface area contributed by atoms with Crippen molar-refractivity contribution in [1.82, 2.24) is 0 Å². The van der Waals surface area contributed by atoms with E-state index in [9.17, 15) is 0 Å². The van der Waals surface area contributed by atoms with Gasteiger partial charge in [-0.25, -0.2) is 0 Å². The summed E-state index contributed by atoms with van der Waals surface area (Å²) in [6.07, 6.45) is 22.6. The molecule has 0 aliphatic rings. The Bertz CT molecular complexity index is 403. The molecule has 0 atom stereocenters. The number of benzene rings is 1. The van der Waals surface area contributed by atoms with Crippen LogP contribution in [0.4, 0.5) is 0 Å². The normalized spacial score (nSPS) is 10.9. The van der Waals surface area contributed by atoms with Gasteiger partial charge in [0.2, 0.25) is 0 Å². The topological polar surface area (TPSA) is 0 Å². The fraction of sp³-hybridized carbons (Fsp3) is 0.680. The van der Waals surface area contributed by atoms with Crippen LogP contribution in [0.5, 0.6) is 0 Å². The van der Waals surface area contributed by atoms with Crippen molar-refractivity contribution in [3.05, 3.63) is 42.5 Å². The van der Waals surface area contributed by atoms with Crippen molar-refractivity contribution in [3.8, 4) is 0 Å². The molecule has 0 amide bonds. The number of hydrogen-bond acceptors (Lipinski definition) is 0. The van der Waals surface area contributed by atoms with Crippen LogP contribution in [0.3, 0.4) is 0 Å². The summed E-state index contributed by atoms with van der Waals surface area (Å²) in [5.74, 6) is 0. The molecule has 25 heavy (non-hydrogen) atoms. The molecule has 0 heterocycles. The first-order chi connectivity index (χ1) is 12.3. The van der Waals surface area contributed by atoms with Gasteiger partial charge in [0, 0.05) is 0 Å². The molecule has 0 aliphatic heterocycles. The van der Waals surface area contributed by atoms with Gasteiger partial charge in [0.05, 0.1) is 0 Å². The fourth-order valence-corrected chi connectivity index (χ4v) is 3.53. The summed E-state index contributed by atoms with van der Waals surface area (Å²) in [7, 11) is 0. The van der Waals surface area contributed by atoms with E-state index < -0.39 is 0 Å². The maximum absolute atomic E-state index is 4.23. The third-order valence-corrected chi connectivity index (χ3v) is 5.26. The Labute approximate surface area is 158 Å². The summed E-state index contributed by atoms with van der Waals surface area (Å²) in [6, 6.07) is 10.6. The summed E-state index contributed by atoms with van der Waals surface area (Å²) in [4.78, 5) is 0. The Kier molecular flexibility index (Phi) is 14.5. The quantitative estimate of drug-likeness (QED) is 0.248. The first kappa shape index (κ1) is 22.0. The molecule has 1 rings (SSSR count). The van der Waals surface area contributed by atoms with E-state index in [0.717, 1.165) is 6.42 Å². The summed E-state index contributed by atoms with van der Waals surface area (Å²) >= 11 is 0. The van der Waals surface area contributed by atoms with Gasteiger partial charge < -0.3 is 0 Å². The van der Waals surface area contributed by atoms with Crippen molar-refractivity contribution >= 4 is 5.57 Å². The first-order valence-corrected chi connectivity index (χ1v) is 11.1. The second-order valence-electron chi connectivity index (χ2n) is 7.67. The highest BCUT2D eigenvalue weighted by Gasteiger charge is 1.98. The highest BCUT2D eigenvalue weighted by molar-refractivity contribution is 5.62. The lowest BCUT2D eigenvalue weighted by Gasteiger charge is -2.06. The molecule has 1 aromatic carbocycles. The molecule has 0 bridgehead atoms. The summed E-state index contributed by atoms with van der Waals surface area (Å²) < 4.78 is 0. The molecule has 142 valence electrons. The molecule has 0 saturated heterocycles. The molecule has 0 radical (unpaired) electrons. The minimum absolute atomic E-state index is 1.16. The molecule has 0 spiro atoms. The van der Waals surface area contributed by atoms with E-state index in [0.29, 0.717) is 0 Å². The monoisotopic (exact) mass is 342 g/mol. The first-order valence-electron chi connectivity index (χ1n) is 11.1. The van der Waals surface area contributed by atoms with E-state index in [1.165, 1.54) is 107 Å². The Hall–Kier alpha value is -1.04. The second kappa shape index (κ2) is 16.4. The molecule has 0 N–H and O–H groups in total. The van der Waals surface area contributed by atoms with Gasteiger partial charge in [-0.05, 0) is 24.0 Å². The lowest BCUT2D eigenvalue weighted by molar-refractivity contribution is 0.533. The average molecular weight is 343 g/mol. The Morgan fingerprint density at radius 2 is 1.00 bits per heavy atom. The summed E-state index contributed by atoms with van der Waals surface area (Å²) in [5, 5.41) is 0. The lowest BCUT2D eigenvalue weighted by atomic mass is 10.00. The van der Waals surface area contributed by atoms with Crippen LogP contribution in [0.2, 0.25) is 0 Å². The minimum atomic E-state index is 1.16.